The Labute approximate surface area is 155 Å². The number of benzene rings is 2. The number of rotatable bonds is 5. The van der Waals surface area contributed by atoms with Crippen LogP contribution in [0.3, 0.4) is 0 Å². The molecule has 0 unspecified atom stereocenters. The molecule has 1 N–H and O–H groups in total. The molecule has 6 heteroatoms. The van der Waals surface area contributed by atoms with E-state index in [4.69, 9.17) is 28.2 Å². The number of amides is 1. The molecule has 1 fully saturated rings. The number of carbonyl (C=O) groups is 1. The maximum absolute atomic E-state index is 12.3. The molecule has 1 heterocycles. The lowest BCUT2D eigenvalue weighted by molar-refractivity contribution is -0.121. The van der Waals surface area contributed by atoms with Gasteiger partial charge in [-0.15, -0.1) is 0 Å². The normalized spacial score (nSPS) is 14.0. The van der Waals surface area contributed by atoms with Crippen LogP contribution in [-0.2, 0) is 17.8 Å². The molecule has 0 aliphatic heterocycles. The van der Waals surface area contributed by atoms with Gasteiger partial charge in [0.25, 0.3) is 0 Å². The number of aromatic nitrogens is 2. The molecule has 0 radical (unpaired) electrons. The fourth-order valence-corrected chi connectivity index (χ4v) is 3.23. The molecule has 1 amide bonds. The SMILES string of the molecule is O=C(Cn1c(Cc2ccc(Cl)c(Cl)c2)nc2ccccc21)NC1CC1. The molecule has 3 aromatic rings. The third-order valence-electron chi connectivity index (χ3n) is 4.32. The summed E-state index contributed by atoms with van der Waals surface area (Å²) in [6.07, 6.45) is 2.74. The minimum atomic E-state index is 0.0287. The maximum Gasteiger partial charge on any atom is 0.240 e. The summed E-state index contributed by atoms with van der Waals surface area (Å²) in [6, 6.07) is 13.8. The van der Waals surface area contributed by atoms with E-state index in [-0.39, 0.29) is 12.5 Å². The zero-order valence-corrected chi connectivity index (χ0v) is 15.0. The molecule has 1 saturated carbocycles. The third kappa shape index (κ3) is 3.65. The molecule has 0 spiro atoms. The molecule has 25 heavy (non-hydrogen) atoms. The van der Waals surface area contributed by atoms with Crippen LogP contribution in [0.4, 0.5) is 0 Å². The second kappa shape index (κ2) is 6.70. The molecule has 0 saturated heterocycles. The monoisotopic (exact) mass is 373 g/mol. The zero-order chi connectivity index (χ0) is 17.4. The average Bonchev–Trinajstić information content (AvgIpc) is 3.34. The molecular weight excluding hydrogens is 357 g/mol. The van der Waals surface area contributed by atoms with Crippen molar-refractivity contribution in [3.63, 3.8) is 0 Å². The van der Waals surface area contributed by atoms with Gasteiger partial charge in [0.2, 0.25) is 5.91 Å². The van der Waals surface area contributed by atoms with Gasteiger partial charge in [-0.2, -0.15) is 0 Å². The highest BCUT2D eigenvalue weighted by atomic mass is 35.5. The maximum atomic E-state index is 12.3. The van der Waals surface area contributed by atoms with Crippen LogP contribution in [0.2, 0.25) is 10.0 Å². The summed E-state index contributed by atoms with van der Waals surface area (Å²) in [5, 5.41) is 4.09. The first-order valence-electron chi connectivity index (χ1n) is 8.27. The van der Waals surface area contributed by atoms with Gasteiger partial charge in [0, 0.05) is 12.5 Å². The molecule has 4 nitrogen and oxygen atoms in total. The smallest absolute Gasteiger partial charge is 0.240 e. The standard InChI is InChI=1S/C19H17Cl2N3O/c20-14-8-5-12(9-15(14)21)10-18-23-16-3-1-2-4-17(16)24(18)11-19(25)22-13-6-7-13/h1-5,8-9,13H,6-7,10-11H2,(H,22,25). The van der Waals surface area contributed by atoms with E-state index >= 15 is 0 Å². The Morgan fingerprint density at radius 3 is 2.72 bits per heavy atom. The second-order valence-corrected chi connectivity index (χ2v) is 7.18. The summed E-state index contributed by atoms with van der Waals surface area (Å²) in [4.78, 5) is 17.0. The zero-order valence-electron chi connectivity index (χ0n) is 13.5. The van der Waals surface area contributed by atoms with Crippen molar-refractivity contribution in [2.24, 2.45) is 0 Å². The Bertz CT molecular complexity index is 947. The van der Waals surface area contributed by atoms with Gasteiger partial charge >= 0.3 is 0 Å². The van der Waals surface area contributed by atoms with E-state index < -0.39 is 0 Å². The largest absolute Gasteiger partial charge is 0.352 e. The Balaban J connectivity index is 1.67. The highest BCUT2D eigenvalue weighted by molar-refractivity contribution is 6.42. The van der Waals surface area contributed by atoms with Gasteiger partial charge in [-0.05, 0) is 42.7 Å². The number of para-hydroxylation sites is 2. The summed E-state index contributed by atoms with van der Waals surface area (Å²) in [6.45, 7) is 0.271. The minimum absolute atomic E-state index is 0.0287. The predicted molar refractivity (Wildman–Crippen MR) is 100 cm³/mol. The molecule has 0 atom stereocenters. The molecule has 1 aliphatic rings. The quantitative estimate of drug-likeness (QED) is 0.727. The molecule has 1 aliphatic carbocycles. The lowest BCUT2D eigenvalue weighted by Crippen LogP contribution is -2.29. The number of hydrogen-bond acceptors (Lipinski definition) is 2. The van der Waals surface area contributed by atoms with Crippen LogP contribution < -0.4 is 5.32 Å². The van der Waals surface area contributed by atoms with Crippen molar-refractivity contribution in [1.82, 2.24) is 14.9 Å². The fraction of sp³-hybridized carbons (Fsp3) is 0.263. The number of imidazole rings is 1. The molecule has 2 aromatic carbocycles. The number of fused-ring (bicyclic) bond motifs is 1. The summed E-state index contributed by atoms with van der Waals surface area (Å²) in [5.74, 6) is 0.867. The molecule has 1 aromatic heterocycles. The first-order valence-corrected chi connectivity index (χ1v) is 9.03. The molecule has 4 rings (SSSR count). The summed E-state index contributed by atoms with van der Waals surface area (Å²) in [5.41, 5.74) is 2.86. The molecule has 128 valence electrons. The van der Waals surface area contributed by atoms with E-state index in [0.29, 0.717) is 22.5 Å². The Morgan fingerprint density at radius 1 is 1.16 bits per heavy atom. The topological polar surface area (TPSA) is 46.9 Å². The number of halogens is 2. The van der Waals surface area contributed by atoms with Crippen LogP contribution in [0.5, 0.6) is 0 Å². The van der Waals surface area contributed by atoms with Crippen LogP contribution in [0.15, 0.2) is 42.5 Å². The summed E-state index contributed by atoms with van der Waals surface area (Å²) in [7, 11) is 0. The van der Waals surface area contributed by atoms with E-state index in [0.717, 1.165) is 35.3 Å². The van der Waals surface area contributed by atoms with Crippen molar-refractivity contribution in [2.45, 2.75) is 31.8 Å². The van der Waals surface area contributed by atoms with E-state index in [1.807, 2.05) is 41.0 Å². The lowest BCUT2D eigenvalue weighted by atomic mass is 10.1. The van der Waals surface area contributed by atoms with Gasteiger partial charge in [-0.3, -0.25) is 4.79 Å². The summed E-state index contributed by atoms with van der Waals surface area (Å²) >= 11 is 12.1. The Morgan fingerprint density at radius 2 is 1.96 bits per heavy atom. The average molecular weight is 374 g/mol. The highest BCUT2D eigenvalue weighted by Crippen LogP contribution is 2.25. The van der Waals surface area contributed by atoms with Gasteiger partial charge in [0.05, 0.1) is 21.1 Å². The van der Waals surface area contributed by atoms with E-state index in [1.165, 1.54) is 0 Å². The van der Waals surface area contributed by atoms with Gasteiger partial charge in [-0.25, -0.2) is 4.98 Å². The number of carbonyl (C=O) groups excluding carboxylic acids is 1. The van der Waals surface area contributed by atoms with Gasteiger partial charge in [-0.1, -0.05) is 41.4 Å². The van der Waals surface area contributed by atoms with Crippen molar-refractivity contribution in [1.29, 1.82) is 0 Å². The van der Waals surface area contributed by atoms with Gasteiger partial charge < -0.3 is 9.88 Å². The van der Waals surface area contributed by atoms with Crippen LogP contribution in [0, 0.1) is 0 Å². The van der Waals surface area contributed by atoms with Crippen molar-refractivity contribution in [3.05, 3.63) is 63.9 Å². The molecule has 0 bridgehead atoms. The summed E-state index contributed by atoms with van der Waals surface area (Å²) < 4.78 is 1.98. The van der Waals surface area contributed by atoms with Crippen LogP contribution in [0.1, 0.15) is 24.2 Å². The van der Waals surface area contributed by atoms with Crippen LogP contribution >= 0.6 is 23.2 Å². The third-order valence-corrected chi connectivity index (χ3v) is 5.06. The van der Waals surface area contributed by atoms with E-state index in [9.17, 15) is 4.79 Å². The minimum Gasteiger partial charge on any atom is -0.352 e. The lowest BCUT2D eigenvalue weighted by Gasteiger charge is -2.10. The fourth-order valence-electron chi connectivity index (χ4n) is 2.91. The number of nitrogens with one attached hydrogen (secondary N) is 1. The second-order valence-electron chi connectivity index (χ2n) is 6.37. The number of hydrogen-bond donors (Lipinski definition) is 1. The predicted octanol–water partition coefficient (Wildman–Crippen LogP) is 4.21. The van der Waals surface area contributed by atoms with Crippen molar-refractivity contribution >= 4 is 40.1 Å². The van der Waals surface area contributed by atoms with Crippen molar-refractivity contribution in [3.8, 4) is 0 Å². The first-order chi connectivity index (χ1) is 12.1. The Kier molecular flexibility index (Phi) is 4.40. The van der Waals surface area contributed by atoms with E-state index in [2.05, 4.69) is 5.32 Å². The van der Waals surface area contributed by atoms with Gasteiger partial charge in [0.1, 0.15) is 12.4 Å². The van der Waals surface area contributed by atoms with Crippen molar-refractivity contribution < 1.29 is 4.79 Å². The first kappa shape index (κ1) is 16.4. The van der Waals surface area contributed by atoms with Crippen LogP contribution in [0.25, 0.3) is 11.0 Å². The Hall–Kier alpha value is -2.04. The van der Waals surface area contributed by atoms with Crippen LogP contribution in [-0.4, -0.2) is 21.5 Å². The molecular formula is C19H17Cl2N3O. The number of nitrogens with zero attached hydrogens (tertiary/aromatic N) is 2. The highest BCUT2D eigenvalue weighted by Gasteiger charge is 2.24. The van der Waals surface area contributed by atoms with Crippen molar-refractivity contribution in [2.75, 3.05) is 0 Å². The van der Waals surface area contributed by atoms with Gasteiger partial charge in [0.15, 0.2) is 0 Å². The van der Waals surface area contributed by atoms with E-state index in [1.54, 1.807) is 6.07 Å².